The molecule has 3 heterocycles. The largest absolute Gasteiger partial charge is 0.455 e. The minimum absolute atomic E-state index is 0.213. The molecule has 0 N–H and O–H groups in total. The van der Waals surface area contributed by atoms with E-state index in [4.69, 9.17) is 4.42 Å². The van der Waals surface area contributed by atoms with Crippen molar-refractivity contribution in [1.82, 2.24) is 4.90 Å². The number of nitrogens with zero attached hydrogens (tertiary/aromatic N) is 1. The molecule has 5 rings (SSSR count). The molecule has 1 atom stereocenters. The standard InChI is InChI=1S/C21H17NO/c1-13-8-10-22-11-9-15-6-7-17-16-5-3-4-14(2)20(16)23-21(17)19(15)18(22)12-13/h3-12,18H,1-2H3. The van der Waals surface area contributed by atoms with Gasteiger partial charge in [0.15, 0.2) is 0 Å². The molecule has 0 bridgehead atoms. The fourth-order valence-electron chi connectivity index (χ4n) is 3.72. The van der Waals surface area contributed by atoms with Gasteiger partial charge in [-0.25, -0.2) is 0 Å². The molecule has 23 heavy (non-hydrogen) atoms. The van der Waals surface area contributed by atoms with Gasteiger partial charge in [0.05, 0.1) is 6.04 Å². The number of allylic oxidation sites excluding steroid dienone is 2. The smallest absolute Gasteiger partial charge is 0.141 e. The number of hydrogen-bond acceptors (Lipinski definition) is 2. The molecule has 2 heteroatoms. The maximum absolute atomic E-state index is 6.35. The van der Waals surface area contributed by atoms with E-state index in [2.05, 4.69) is 79.7 Å². The van der Waals surface area contributed by atoms with E-state index >= 15 is 0 Å². The monoisotopic (exact) mass is 299 g/mol. The Kier molecular flexibility index (Phi) is 2.44. The van der Waals surface area contributed by atoms with Gasteiger partial charge < -0.3 is 9.32 Å². The summed E-state index contributed by atoms with van der Waals surface area (Å²) in [5, 5.41) is 2.41. The second-order valence-electron chi connectivity index (χ2n) is 6.43. The Balaban J connectivity index is 1.90. The average Bonchev–Trinajstić information content (AvgIpc) is 2.94. The molecule has 112 valence electrons. The Bertz CT molecular complexity index is 1050. The zero-order valence-electron chi connectivity index (χ0n) is 13.2. The van der Waals surface area contributed by atoms with E-state index in [0.29, 0.717) is 0 Å². The highest BCUT2D eigenvalue weighted by Crippen LogP contribution is 2.42. The minimum atomic E-state index is 0.213. The Morgan fingerprint density at radius 1 is 0.913 bits per heavy atom. The maximum Gasteiger partial charge on any atom is 0.141 e. The molecule has 0 spiro atoms. The van der Waals surface area contributed by atoms with Crippen molar-refractivity contribution < 1.29 is 4.42 Å². The van der Waals surface area contributed by atoms with E-state index in [-0.39, 0.29) is 6.04 Å². The van der Waals surface area contributed by atoms with Gasteiger partial charge in [-0.1, -0.05) is 35.9 Å². The van der Waals surface area contributed by atoms with Crippen molar-refractivity contribution >= 4 is 28.0 Å². The van der Waals surface area contributed by atoms with Crippen LogP contribution in [0.4, 0.5) is 0 Å². The molecule has 1 unspecified atom stereocenters. The summed E-state index contributed by atoms with van der Waals surface area (Å²) < 4.78 is 6.35. The number of benzene rings is 2. The third kappa shape index (κ3) is 1.69. The molecule has 0 aliphatic carbocycles. The summed E-state index contributed by atoms with van der Waals surface area (Å²) in [6.07, 6.45) is 10.9. The molecule has 0 radical (unpaired) electrons. The quantitative estimate of drug-likeness (QED) is 0.530. The molecule has 2 aliphatic rings. The van der Waals surface area contributed by atoms with Gasteiger partial charge in [0.2, 0.25) is 0 Å². The van der Waals surface area contributed by atoms with Gasteiger partial charge in [0.25, 0.3) is 0 Å². The third-order valence-corrected chi connectivity index (χ3v) is 4.91. The van der Waals surface area contributed by atoms with Gasteiger partial charge in [0.1, 0.15) is 11.2 Å². The molecule has 0 amide bonds. The average molecular weight is 299 g/mol. The lowest BCUT2D eigenvalue weighted by atomic mass is 9.91. The summed E-state index contributed by atoms with van der Waals surface area (Å²) in [5.74, 6) is 0. The lowest BCUT2D eigenvalue weighted by Gasteiger charge is -2.32. The molecule has 1 aromatic heterocycles. The van der Waals surface area contributed by atoms with Gasteiger partial charge >= 0.3 is 0 Å². The van der Waals surface area contributed by atoms with Gasteiger partial charge in [-0.2, -0.15) is 0 Å². The van der Waals surface area contributed by atoms with Gasteiger partial charge in [-0.3, -0.25) is 0 Å². The molecule has 0 fully saturated rings. The first kappa shape index (κ1) is 12.8. The van der Waals surface area contributed by atoms with Crippen LogP contribution in [-0.4, -0.2) is 4.90 Å². The van der Waals surface area contributed by atoms with E-state index < -0.39 is 0 Å². The van der Waals surface area contributed by atoms with Crippen molar-refractivity contribution in [2.24, 2.45) is 0 Å². The molecule has 2 aliphatic heterocycles. The summed E-state index contributed by atoms with van der Waals surface area (Å²) in [7, 11) is 0. The maximum atomic E-state index is 6.35. The molecule has 2 nitrogen and oxygen atoms in total. The van der Waals surface area contributed by atoms with Crippen LogP contribution in [0.3, 0.4) is 0 Å². The van der Waals surface area contributed by atoms with Crippen LogP contribution in [0.1, 0.15) is 29.7 Å². The van der Waals surface area contributed by atoms with Crippen molar-refractivity contribution in [2.45, 2.75) is 19.9 Å². The van der Waals surface area contributed by atoms with Crippen molar-refractivity contribution in [3.8, 4) is 0 Å². The van der Waals surface area contributed by atoms with Crippen molar-refractivity contribution in [2.75, 3.05) is 0 Å². The molecule has 3 aromatic rings. The summed E-state index contributed by atoms with van der Waals surface area (Å²) in [6, 6.07) is 11.0. The summed E-state index contributed by atoms with van der Waals surface area (Å²) in [5.41, 5.74) is 7.01. The number of hydrogen-bond donors (Lipinski definition) is 0. The zero-order chi connectivity index (χ0) is 15.6. The van der Waals surface area contributed by atoms with Crippen LogP contribution in [0.5, 0.6) is 0 Å². The SMILES string of the molecule is CC1=CC2c3c(ccc4c3oc3c(C)cccc34)C=CN2C=C1. The van der Waals surface area contributed by atoms with Crippen LogP contribution in [0.2, 0.25) is 0 Å². The normalized spacial score (nSPS) is 19.1. The highest BCUT2D eigenvalue weighted by Gasteiger charge is 2.27. The molecule has 0 saturated carbocycles. The fraction of sp³-hybridized carbons (Fsp3) is 0.143. The van der Waals surface area contributed by atoms with Crippen LogP contribution in [0.25, 0.3) is 28.0 Å². The van der Waals surface area contributed by atoms with Crippen molar-refractivity contribution in [3.05, 3.63) is 77.1 Å². The summed E-state index contributed by atoms with van der Waals surface area (Å²) in [4.78, 5) is 2.24. The zero-order valence-corrected chi connectivity index (χ0v) is 13.2. The molecule has 2 aromatic carbocycles. The Morgan fingerprint density at radius 3 is 2.65 bits per heavy atom. The lowest BCUT2D eigenvalue weighted by Crippen LogP contribution is -2.22. The number of para-hydroxylation sites is 1. The second-order valence-corrected chi connectivity index (χ2v) is 6.43. The van der Waals surface area contributed by atoms with Gasteiger partial charge in [-0.15, -0.1) is 0 Å². The van der Waals surface area contributed by atoms with Gasteiger partial charge in [0, 0.05) is 28.7 Å². The van der Waals surface area contributed by atoms with E-state index in [9.17, 15) is 0 Å². The predicted molar refractivity (Wildman–Crippen MR) is 95.0 cm³/mol. The van der Waals surface area contributed by atoms with Crippen LogP contribution in [-0.2, 0) is 0 Å². The number of furan rings is 1. The Hall–Kier alpha value is -2.74. The van der Waals surface area contributed by atoms with Crippen molar-refractivity contribution in [1.29, 1.82) is 0 Å². The predicted octanol–water partition coefficient (Wildman–Crippen LogP) is 5.70. The topological polar surface area (TPSA) is 16.4 Å². The molecule has 0 saturated heterocycles. The van der Waals surface area contributed by atoms with E-state index in [1.54, 1.807) is 0 Å². The van der Waals surface area contributed by atoms with E-state index in [1.165, 1.54) is 33.0 Å². The highest BCUT2D eigenvalue weighted by molar-refractivity contribution is 6.07. The first-order chi connectivity index (χ1) is 11.2. The molecular weight excluding hydrogens is 282 g/mol. The third-order valence-electron chi connectivity index (χ3n) is 4.91. The van der Waals surface area contributed by atoms with Crippen LogP contribution in [0, 0.1) is 6.92 Å². The number of aryl methyl sites for hydroxylation is 1. The second kappa shape index (κ2) is 4.39. The molecular formula is C21H17NO. The van der Waals surface area contributed by atoms with E-state index in [0.717, 1.165) is 11.2 Å². The Morgan fingerprint density at radius 2 is 1.74 bits per heavy atom. The number of rotatable bonds is 0. The van der Waals surface area contributed by atoms with Gasteiger partial charge in [-0.05, 0) is 43.2 Å². The van der Waals surface area contributed by atoms with Crippen LogP contribution >= 0.6 is 0 Å². The van der Waals surface area contributed by atoms with Crippen LogP contribution < -0.4 is 0 Å². The van der Waals surface area contributed by atoms with Crippen molar-refractivity contribution in [3.63, 3.8) is 0 Å². The summed E-state index contributed by atoms with van der Waals surface area (Å²) >= 11 is 0. The minimum Gasteiger partial charge on any atom is -0.455 e. The first-order valence-corrected chi connectivity index (χ1v) is 7.99. The first-order valence-electron chi connectivity index (χ1n) is 7.99. The Labute approximate surface area is 135 Å². The number of fused-ring (bicyclic) bond motifs is 7. The lowest BCUT2D eigenvalue weighted by molar-refractivity contribution is 0.426. The highest BCUT2D eigenvalue weighted by atomic mass is 16.3. The van der Waals surface area contributed by atoms with Crippen LogP contribution in [0.15, 0.2) is 64.9 Å². The van der Waals surface area contributed by atoms with E-state index in [1.807, 2.05) is 0 Å². The summed E-state index contributed by atoms with van der Waals surface area (Å²) in [6.45, 7) is 4.26. The fourth-order valence-corrected chi connectivity index (χ4v) is 3.72.